The van der Waals surface area contributed by atoms with Crippen LogP contribution in [0.2, 0.25) is 0 Å². The van der Waals surface area contributed by atoms with E-state index in [0.717, 1.165) is 5.75 Å². The van der Waals surface area contributed by atoms with E-state index in [9.17, 15) is 13.2 Å². The van der Waals surface area contributed by atoms with Gasteiger partial charge in [0.25, 0.3) is 0 Å². The molecule has 0 bridgehead atoms. The Morgan fingerprint density at radius 3 is 1.86 bits per heavy atom. The highest BCUT2D eigenvalue weighted by atomic mass is 32.2. The molecule has 0 aliphatic carbocycles. The second-order valence-corrected chi connectivity index (χ2v) is 1.97. The molecule has 0 aromatic rings. The fraction of sp³-hybridized carbons (Fsp3) is 0.667. The molecule has 0 atom stereocenters. The molecule has 0 aliphatic heterocycles. The van der Waals surface area contributed by atoms with Gasteiger partial charge in [0.05, 0.1) is 0 Å². The summed E-state index contributed by atoms with van der Waals surface area (Å²) in [5, 5.41) is 0. The molecular weight excluding hydrogens is 125 g/mol. The van der Waals surface area contributed by atoms with E-state index < -0.39 is 5.51 Å². The molecule has 0 aliphatic rings. The van der Waals surface area contributed by atoms with Crippen LogP contribution in [0.25, 0.3) is 0 Å². The first-order valence-electron chi connectivity index (χ1n) is 1.58. The lowest BCUT2D eigenvalue weighted by atomic mass is 11.0. The smallest absolute Gasteiger partial charge is 0.160 e. The van der Waals surface area contributed by atoms with E-state index in [1.54, 1.807) is 0 Å². The summed E-state index contributed by atoms with van der Waals surface area (Å²) in [4.78, 5) is 0. The monoisotopic (exact) mass is 129 g/mol. The first-order valence-corrected chi connectivity index (χ1v) is 2.46. The van der Waals surface area contributed by atoms with Crippen LogP contribution < -0.4 is 0 Å². The van der Waals surface area contributed by atoms with Crippen molar-refractivity contribution in [3.05, 3.63) is 5.75 Å². The van der Waals surface area contributed by atoms with E-state index in [2.05, 4.69) is 0 Å². The molecule has 0 unspecified atom stereocenters. The van der Waals surface area contributed by atoms with E-state index >= 15 is 0 Å². The average molecular weight is 129 g/mol. The van der Waals surface area contributed by atoms with Crippen molar-refractivity contribution in [2.75, 3.05) is 0 Å². The third kappa shape index (κ3) is 6.14. The van der Waals surface area contributed by atoms with Crippen LogP contribution in [0.15, 0.2) is 0 Å². The predicted octanol–water partition coefficient (Wildman–Crippen LogP) is 2.42. The van der Waals surface area contributed by atoms with Gasteiger partial charge in [0, 0.05) is 5.75 Å². The summed E-state index contributed by atoms with van der Waals surface area (Å²) in [7, 11) is 0. The number of alkyl halides is 3. The molecule has 0 amide bonds. The zero-order valence-electron chi connectivity index (χ0n) is 3.62. The van der Waals surface area contributed by atoms with Gasteiger partial charge in [0.2, 0.25) is 0 Å². The molecule has 7 heavy (non-hydrogen) atoms. The quantitative estimate of drug-likeness (QED) is 0.524. The van der Waals surface area contributed by atoms with Gasteiger partial charge in [-0.3, -0.25) is 0 Å². The lowest BCUT2D eigenvalue weighted by Crippen LogP contribution is -1.97. The molecule has 0 saturated heterocycles. The molecule has 0 nitrogen and oxygen atoms in total. The Balaban J connectivity index is 3.15. The van der Waals surface area contributed by atoms with Crippen molar-refractivity contribution in [1.29, 1.82) is 0 Å². The molecule has 0 spiro atoms. The summed E-state index contributed by atoms with van der Waals surface area (Å²) in [6.07, 6.45) is 0. The normalized spacial score (nSPS) is 12.0. The van der Waals surface area contributed by atoms with E-state index in [0.29, 0.717) is 0 Å². The van der Waals surface area contributed by atoms with Gasteiger partial charge in [0.1, 0.15) is 0 Å². The van der Waals surface area contributed by atoms with E-state index in [1.807, 2.05) is 0 Å². The Morgan fingerprint density at radius 1 is 1.43 bits per heavy atom. The maximum Gasteiger partial charge on any atom is 0.442 e. The van der Waals surface area contributed by atoms with Crippen molar-refractivity contribution >= 4 is 11.8 Å². The van der Waals surface area contributed by atoms with Gasteiger partial charge in [0.15, 0.2) is 0 Å². The van der Waals surface area contributed by atoms with Crippen LogP contribution in [0.4, 0.5) is 13.2 Å². The highest BCUT2D eigenvalue weighted by Gasteiger charge is 2.26. The number of hydrogen-bond acceptors (Lipinski definition) is 1. The molecule has 0 fully saturated rings. The third-order valence-electron chi connectivity index (χ3n) is 0.251. The van der Waals surface area contributed by atoms with E-state index in [-0.39, 0.29) is 11.8 Å². The maximum absolute atomic E-state index is 11.0. The summed E-state index contributed by atoms with van der Waals surface area (Å²) in [5.41, 5.74) is -4.09. The van der Waals surface area contributed by atoms with Crippen LogP contribution in [0.3, 0.4) is 0 Å². The topological polar surface area (TPSA) is 0 Å². The zero-order chi connectivity index (χ0) is 5.91. The summed E-state index contributed by atoms with van der Waals surface area (Å²) in [5.74, 6) is 1.00. The molecule has 0 aromatic heterocycles. The first kappa shape index (κ1) is 7.14. The summed E-state index contributed by atoms with van der Waals surface area (Å²) >= 11 is -0.137. The molecule has 0 aromatic carbocycles. The van der Waals surface area contributed by atoms with Gasteiger partial charge in [-0.1, -0.05) is 6.92 Å². The minimum atomic E-state index is -4.09. The van der Waals surface area contributed by atoms with E-state index in [4.69, 9.17) is 0 Å². The zero-order valence-corrected chi connectivity index (χ0v) is 4.44. The van der Waals surface area contributed by atoms with Crippen LogP contribution in [-0.4, -0.2) is 5.51 Å². The standard InChI is InChI=1S/C3H4F3S/c1-2-7-3(4,5)6/h2H,1H3. The molecule has 1 radical (unpaired) electrons. The summed E-state index contributed by atoms with van der Waals surface area (Å²) in [6, 6.07) is 0. The third-order valence-corrected chi connectivity index (χ3v) is 0.754. The fourth-order valence-electron chi connectivity index (χ4n) is 0.134. The number of hydrogen-bond donors (Lipinski definition) is 0. The lowest BCUT2D eigenvalue weighted by molar-refractivity contribution is -0.0322. The van der Waals surface area contributed by atoms with Crippen molar-refractivity contribution < 1.29 is 13.2 Å². The second-order valence-electron chi connectivity index (χ2n) is 0.799. The first-order chi connectivity index (χ1) is 3.06. The van der Waals surface area contributed by atoms with Crippen LogP contribution in [-0.2, 0) is 0 Å². The Kier molecular flexibility index (Phi) is 2.50. The molecule has 43 valence electrons. The second kappa shape index (κ2) is 2.45. The van der Waals surface area contributed by atoms with Gasteiger partial charge in [-0.25, -0.2) is 0 Å². The maximum atomic E-state index is 11.0. The van der Waals surface area contributed by atoms with Crippen LogP contribution in [0.5, 0.6) is 0 Å². The Labute approximate surface area is 44.1 Å². The SMILES string of the molecule is C[CH]SC(F)(F)F. The molecule has 0 heterocycles. The number of rotatable bonds is 1. The Bertz CT molecular complexity index is 48.6. The number of thioether (sulfide) groups is 1. The Hall–Kier alpha value is 0.140. The minimum absolute atomic E-state index is 0.137. The van der Waals surface area contributed by atoms with Crippen molar-refractivity contribution in [2.24, 2.45) is 0 Å². The molecule has 0 rings (SSSR count). The van der Waals surface area contributed by atoms with Gasteiger partial charge >= 0.3 is 5.51 Å². The Morgan fingerprint density at radius 2 is 1.86 bits per heavy atom. The van der Waals surface area contributed by atoms with Gasteiger partial charge in [-0.15, -0.1) is 0 Å². The van der Waals surface area contributed by atoms with Crippen LogP contribution >= 0.6 is 11.8 Å². The molecule has 0 saturated carbocycles. The highest BCUT2D eigenvalue weighted by molar-refractivity contribution is 8.02. The van der Waals surface area contributed by atoms with Gasteiger partial charge < -0.3 is 0 Å². The van der Waals surface area contributed by atoms with Crippen molar-refractivity contribution in [1.82, 2.24) is 0 Å². The highest BCUT2D eigenvalue weighted by Crippen LogP contribution is 2.31. The number of halogens is 3. The van der Waals surface area contributed by atoms with Gasteiger partial charge in [-0.05, 0) is 11.8 Å². The minimum Gasteiger partial charge on any atom is -0.160 e. The molecule has 0 N–H and O–H groups in total. The largest absolute Gasteiger partial charge is 0.442 e. The average Bonchev–Trinajstić information content (AvgIpc) is 1.30. The van der Waals surface area contributed by atoms with Crippen molar-refractivity contribution in [3.8, 4) is 0 Å². The van der Waals surface area contributed by atoms with Crippen molar-refractivity contribution in [2.45, 2.75) is 12.4 Å². The summed E-state index contributed by atoms with van der Waals surface area (Å²) in [6.45, 7) is 1.35. The van der Waals surface area contributed by atoms with Crippen LogP contribution in [0, 0.1) is 5.75 Å². The fourth-order valence-corrected chi connectivity index (χ4v) is 0.401. The van der Waals surface area contributed by atoms with Crippen molar-refractivity contribution in [3.63, 3.8) is 0 Å². The predicted molar refractivity (Wildman–Crippen MR) is 23.6 cm³/mol. The van der Waals surface area contributed by atoms with Gasteiger partial charge in [-0.2, -0.15) is 13.2 Å². The summed E-state index contributed by atoms with van der Waals surface area (Å²) < 4.78 is 33.0. The lowest BCUT2D eigenvalue weighted by Gasteiger charge is -1.99. The van der Waals surface area contributed by atoms with Crippen LogP contribution in [0.1, 0.15) is 6.92 Å². The molecular formula is C3H4F3S. The van der Waals surface area contributed by atoms with E-state index in [1.165, 1.54) is 6.92 Å². The molecule has 4 heteroatoms.